The van der Waals surface area contributed by atoms with Gasteiger partial charge in [-0.2, -0.15) is 8.78 Å². The average Bonchev–Trinajstić information content (AvgIpc) is 2.04. The van der Waals surface area contributed by atoms with E-state index in [0.29, 0.717) is 0 Å². The van der Waals surface area contributed by atoms with Crippen LogP contribution in [0, 0.1) is 0 Å². The van der Waals surface area contributed by atoms with Gasteiger partial charge in [0.1, 0.15) is 5.75 Å². The maximum atomic E-state index is 13.0. The fraction of sp³-hybridized carbons (Fsp3) is 0.222. The monoisotopic (exact) mass is 186 g/mol. The molecule has 0 atom stereocenters. The summed E-state index contributed by atoms with van der Waals surface area (Å²) in [6.07, 6.45) is 0. The molecule has 4 heteroatoms. The van der Waals surface area contributed by atoms with Gasteiger partial charge in [-0.25, -0.2) is 0 Å². The Hall–Kier alpha value is -1.45. The summed E-state index contributed by atoms with van der Waals surface area (Å²) in [5.74, 6) is -5.03. The predicted octanol–water partition coefficient (Wildman–Crippen LogP) is 2.07. The number of alkyl halides is 2. The molecule has 0 heterocycles. The molecule has 70 valence electrons. The van der Waals surface area contributed by atoms with Crippen LogP contribution >= 0.6 is 0 Å². The summed E-state index contributed by atoms with van der Waals surface area (Å²) >= 11 is 0. The number of phenols is 1. The molecule has 1 rings (SSSR count). The smallest absolute Gasteiger partial charge is 0.330 e. The van der Waals surface area contributed by atoms with Crippen molar-refractivity contribution in [1.82, 2.24) is 0 Å². The summed E-state index contributed by atoms with van der Waals surface area (Å²) in [4.78, 5) is 10.5. The topological polar surface area (TPSA) is 37.3 Å². The second kappa shape index (κ2) is 3.12. The molecule has 0 aromatic heterocycles. The Kier molecular flexibility index (Phi) is 2.32. The molecule has 0 fully saturated rings. The lowest BCUT2D eigenvalue weighted by molar-refractivity contribution is -0.141. The van der Waals surface area contributed by atoms with Crippen LogP contribution in [-0.4, -0.2) is 10.9 Å². The van der Waals surface area contributed by atoms with Gasteiger partial charge in [-0.1, -0.05) is 12.1 Å². The maximum Gasteiger partial charge on any atom is 0.330 e. The van der Waals surface area contributed by atoms with Crippen molar-refractivity contribution in [2.75, 3.05) is 0 Å². The highest BCUT2D eigenvalue weighted by atomic mass is 19.3. The molecule has 0 amide bonds. The number of Topliss-reactive ketones (excluding diaryl/α,β-unsaturated/α-hetero) is 1. The first-order valence-corrected chi connectivity index (χ1v) is 3.63. The lowest BCUT2D eigenvalue weighted by Gasteiger charge is -2.12. The normalized spacial score (nSPS) is 11.3. The maximum absolute atomic E-state index is 13.0. The average molecular weight is 186 g/mol. The molecule has 0 bridgehead atoms. The molecule has 0 radical (unpaired) electrons. The van der Waals surface area contributed by atoms with Gasteiger partial charge in [-0.3, -0.25) is 4.79 Å². The Labute approximate surface area is 73.8 Å². The van der Waals surface area contributed by atoms with Crippen LogP contribution in [0.2, 0.25) is 0 Å². The number of ketones is 1. The van der Waals surface area contributed by atoms with Gasteiger partial charge in [0.2, 0.25) is 5.78 Å². The van der Waals surface area contributed by atoms with Crippen LogP contribution in [0.3, 0.4) is 0 Å². The van der Waals surface area contributed by atoms with E-state index < -0.39 is 17.3 Å². The van der Waals surface area contributed by atoms with Gasteiger partial charge < -0.3 is 5.11 Å². The molecule has 13 heavy (non-hydrogen) atoms. The fourth-order valence-electron chi connectivity index (χ4n) is 0.904. The van der Waals surface area contributed by atoms with E-state index in [9.17, 15) is 13.6 Å². The Morgan fingerprint density at radius 2 is 2.08 bits per heavy atom. The number of carbonyl (C=O) groups is 1. The van der Waals surface area contributed by atoms with Gasteiger partial charge in [0.25, 0.3) is 0 Å². The van der Waals surface area contributed by atoms with Gasteiger partial charge in [0, 0.05) is 12.5 Å². The van der Waals surface area contributed by atoms with Crippen molar-refractivity contribution in [3.63, 3.8) is 0 Å². The minimum Gasteiger partial charge on any atom is -0.508 e. The predicted molar refractivity (Wildman–Crippen MR) is 42.7 cm³/mol. The molecule has 0 unspecified atom stereocenters. The number of halogens is 2. The number of benzene rings is 1. The van der Waals surface area contributed by atoms with Crippen molar-refractivity contribution < 1.29 is 18.7 Å². The molecular weight excluding hydrogens is 178 g/mol. The van der Waals surface area contributed by atoms with Crippen molar-refractivity contribution in [3.05, 3.63) is 29.8 Å². The third-order valence-electron chi connectivity index (χ3n) is 1.65. The van der Waals surface area contributed by atoms with Gasteiger partial charge in [-0.05, 0) is 12.1 Å². The summed E-state index contributed by atoms with van der Waals surface area (Å²) in [7, 11) is 0. The molecular formula is C9H8F2O2. The number of phenolic OH excluding ortho intramolecular Hbond substituents is 1. The highest BCUT2D eigenvalue weighted by Crippen LogP contribution is 2.30. The van der Waals surface area contributed by atoms with Crippen LogP contribution in [0.15, 0.2) is 24.3 Å². The van der Waals surface area contributed by atoms with Crippen molar-refractivity contribution in [2.45, 2.75) is 12.8 Å². The van der Waals surface area contributed by atoms with E-state index >= 15 is 0 Å². The minimum atomic E-state index is -3.52. The highest BCUT2D eigenvalue weighted by Gasteiger charge is 2.37. The zero-order valence-corrected chi connectivity index (χ0v) is 6.92. The summed E-state index contributed by atoms with van der Waals surface area (Å²) in [6.45, 7) is 0.810. The van der Waals surface area contributed by atoms with Crippen LogP contribution in [-0.2, 0) is 10.7 Å². The molecule has 2 nitrogen and oxygen atoms in total. The molecule has 0 aliphatic heterocycles. The van der Waals surface area contributed by atoms with E-state index in [4.69, 9.17) is 5.11 Å². The fourth-order valence-corrected chi connectivity index (χ4v) is 0.904. The second-order valence-corrected chi connectivity index (χ2v) is 2.68. The van der Waals surface area contributed by atoms with Crippen molar-refractivity contribution >= 4 is 5.78 Å². The van der Waals surface area contributed by atoms with Crippen molar-refractivity contribution in [1.29, 1.82) is 0 Å². The summed E-state index contributed by atoms with van der Waals surface area (Å²) < 4.78 is 26.0. The van der Waals surface area contributed by atoms with E-state index in [0.717, 1.165) is 19.1 Å². The lowest BCUT2D eigenvalue weighted by atomic mass is 10.1. The first kappa shape index (κ1) is 9.64. The van der Waals surface area contributed by atoms with Gasteiger partial charge in [-0.15, -0.1) is 0 Å². The zero-order chi connectivity index (χ0) is 10.1. The van der Waals surface area contributed by atoms with E-state index in [1.54, 1.807) is 0 Å². The van der Waals surface area contributed by atoms with Crippen LogP contribution in [0.5, 0.6) is 5.75 Å². The number of carbonyl (C=O) groups excluding carboxylic acids is 1. The first-order valence-electron chi connectivity index (χ1n) is 3.63. The molecule has 1 aromatic carbocycles. The molecule has 0 saturated carbocycles. The summed E-state index contributed by atoms with van der Waals surface area (Å²) in [5.41, 5.74) is -0.486. The molecule has 1 N–H and O–H groups in total. The number of hydrogen-bond donors (Lipinski definition) is 1. The van der Waals surface area contributed by atoms with Crippen LogP contribution in [0.4, 0.5) is 8.78 Å². The van der Waals surface area contributed by atoms with E-state index in [1.807, 2.05) is 0 Å². The molecule has 0 spiro atoms. The van der Waals surface area contributed by atoms with E-state index in [1.165, 1.54) is 12.1 Å². The van der Waals surface area contributed by atoms with Gasteiger partial charge in [0.15, 0.2) is 0 Å². The second-order valence-electron chi connectivity index (χ2n) is 2.68. The first-order chi connectivity index (χ1) is 5.94. The molecule has 1 aromatic rings. The largest absolute Gasteiger partial charge is 0.508 e. The third kappa shape index (κ3) is 1.83. The minimum absolute atomic E-state index is 0.279. The van der Waals surface area contributed by atoms with Crippen molar-refractivity contribution in [3.8, 4) is 5.75 Å². The summed E-state index contributed by atoms with van der Waals surface area (Å²) in [5, 5.41) is 8.91. The van der Waals surface area contributed by atoms with Gasteiger partial charge >= 0.3 is 5.92 Å². The number of hydrogen-bond acceptors (Lipinski definition) is 2. The third-order valence-corrected chi connectivity index (χ3v) is 1.65. The Bertz CT molecular complexity index is 334. The van der Waals surface area contributed by atoms with Crippen molar-refractivity contribution in [2.24, 2.45) is 0 Å². The Morgan fingerprint density at radius 3 is 2.54 bits per heavy atom. The van der Waals surface area contributed by atoms with E-state index in [-0.39, 0.29) is 5.75 Å². The molecule has 0 saturated heterocycles. The van der Waals surface area contributed by atoms with Gasteiger partial charge in [0.05, 0.1) is 0 Å². The zero-order valence-electron chi connectivity index (χ0n) is 6.92. The number of aromatic hydroxyl groups is 1. The van der Waals surface area contributed by atoms with Crippen LogP contribution in [0.25, 0.3) is 0 Å². The Balaban J connectivity index is 3.14. The molecule has 0 aliphatic rings. The quantitative estimate of drug-likeness (QED) is 0.767. The van der Waals surface area contributed by atoms with Crippen LogP contribution < -0.4 is 0 Å². The molecule has 0 aliphatic carbocycles. The highest BCUT2D eigenvalue weighted by molar-refractivity contribution is 5.84. The van der Waals surface area contributed by atoms with Crippen LogP contribution in [0.1, 0.15) is 12.5 Å². The standard InChI is InChI=1S/C9H8F2O2/c1-6(12)9(10,11)7-3-2-4-8(13)5-7/h2-5,13H,1H3. The Morgan fingerprint density at radius 1 is 1.46 bits per heavy atom. The van der Waals surface area contributed by atoms with E-state index in [2.05, 4.69) is 0 Å². The number of rotatable bonds is 2. The lowest BCUT2D eigenvalue weighted by Crippen LogP contribution is -2.22. The SMILES string of the molecule is CC(=O)C(F)(F)c1cccc(O)c1. The summed E-state index contributed by atoms with van der Waals surface area (Å²) in [6, 6.07) is 4.50.